The average molecular weight is 325 g/mol. The van der Waals surface area contributed by atoms with Gasteiger partial charge in [-0.25, -0.2) is 0 Å². The molecule has 24 heavy (non-hydrogen) atoms. The number of amides is 1. The van der Waals surface area contributed by atoms with Crippen molar-refractivity contribution in [3.8, 4) is 0 Å². The Labute approximate surface area is 142 Å². The first-order valence-electron chi connectivity index (χ1n) is 8.10. The number of benzene rings is 1. The molecule has 0 N–H and O–H groups in total. The van der Waals surface area contributed by atoms with Crippen LogP contribution in [-0.4, -0.2) is 39.3 Å². The maximum atomic E-state index is 12.7. The molecule has 0 bridgehead atoms. The summed E-state index contributed by atoms with van der Waals surface area (Å²) in [4.78, 5) is 14.6. The van der Waals surface area contributed by atoms with Crippen molar-refractivity contribution >= 4 is 12.0 Å². The van der Waals surface area contributed by atoms with E-state index in [2.05, 4.69) is 5.10 Å². The molecule has 1 fully saturated rings. The molecule has 1 aliphatic rings. The Morgan fingerprint density at radius 2 is 2.08 bits per heavy atom. The second kappa shape index (κ2) is 6.61. The molecule has 1 saturated heterocycles. The summed E-state index contributed by atoms with van der Waals surface area (Å²) in [7, 11) is 1.86. The van der Waals surface area contributed by atoms with Gasteiger partial charge in [-0.3, -0.25) is 9.48 Å². The molecular formula is C19H23N3O2. The van der Waals surface area contributed by atoms with E-state index in [1.165, 1.54) is 0 Å². The van der Waals surface area contributed by atoms with Gasteiger partial charge in [-0.2, -0.15) is 5.10 Å². The fourth-order valence-electron chi connectivity index (χ4n) is 2.89. The van der Waals surface area contributed by atoms with Crippen molar-refractivity contribution in [2.24, 2.45) is 7.05 Å². The molecule has 1 aromatic carbocycles. The molecule has 1 atom stereocenters. The number of hydrogen-bond donors (Lipinski definition) is 0. The molecule has 126 valence electrons. The van der Waals surface area contributed by atoms with E-state index in [1.54, 1.807) is 23.0 Å². The van der Waals surface area contributed by atoms with Crippen molar-refractivity contribution in [1.29, 1.82) is 0 Å². The summed E-state index contributed by atoms with van der Waals surface area (Å²) in [6.45, 7) is 5.13. The minimum atomic E-state index is -0.332. The van der Waals surface area contributed by atoms with Crippen molar-refractivity contribution in [1.82, 2.24) is 14.7 Å². The van der Waals surface area contributed by atoms with Gasteiger partial charge < -0.3 is 9.64 Å². The van der Waals surface area contributed by atoms with Crippen molar-refractivity contribution in [2.75, 3.05) is 13.2 Å². The van der Waals surface area contributed by atoms with E-state index in [4.69, 9.17) is 4.74 Å². The molecule has 5 heteroatoms. The first-order chi connectivity index (χ1) is 11.5. The number of morpholine rings is 1. The molecule has 2 heterocycles. The Kier molecular flexibility index (Phi) is 4.53. The van der Waals surface area contributed by atoms with E-state index < -0.39 is 0 Å². The van der Waals surface area contributed by atoms with Gasteiger partial charge in [0.15, 0.2) is 0 Å². The number of carbonyl (C=O) groups excluding carboxylic acids is 1. The zero-order chi connectivity index (χ0) is 17.2. The largest absolute Gasteiger partial charge is 0.369 e. The average Bonchev–Trinajstić information content (AvgIpc) is 2.99. The molecule has 5 nitrogen and oxygen atoms in total. The van der Waals surface area contributed by atoms with Crippen LogP contribution in [0.15, 0.2) is 48.8 Å². The zero-order valence-corrected chi connectivity index (χ0v) is 14.3. The van der Waals surface area contributed by atoms with Crippen LogP contribution in [0.1, 0.15) is 31.1 Å². The van der Waals surface area contributed by atoms with Crippen molar-refractivity contribution in [3.05, 3.63) is 59.9 Å². The topological polar surface area (TPSA) is 47.4 Å². The molecule has 1 aromatic heterocycles. The van der Waals surface area contributed by atoms with Crippen LogP contribution in [0, 0.1) is 0 Å². The second-order valence-corrected chi connectivity index (χ2v) is 6.75. The van der Waals surface area contributed by atoms with E-state index in [9.17, 15) is 4.79 Å². The summed E-state index contributed by atoms with van der Waals surface area (Å²) in [5, 5.41) is 4.11. The highest BCUT2D eigenvalue weighted by Gasteiger charge is 2.37. The van der Waals surface area contributed by atoms with Gasteiger partial charge in [-0.05, 0) is 25.5 Å². The molecule has 0 saturated carbocycles. The van der Waals surface area contributed by atoms with Crippen molar-refractivity contribution in [3.63, 3.8) is 0 Å². The molecule has 0 spiro atoms. The first-order valence-corrected chi connectivity index (χ1v) is 8.10. The zero-order valence-electron chi connectivity index (χ0n) is 14.3. The van der Waals surface area contributed by atoms with Gasteiger partial charge in [0, 0.05) is 24.9 Å². The number of aryl methyl sites for hydroxylation is 1. The smallest absolute Gasteiger partial charge is 0.247 e. The standard InChI is InChI=1S/C19H23N3O2/c1-19(2)14-24-17(16-7-5-4-6-8-16)13-22(19)18(23)10-9-15-11-20-21(3)12-15/h4-12,17H,13-14H2,1-3H3/b10-9-/t17-/m0/s1. The number of rotatable bonds is 3. The van der Waals surface area contributed by atoms with Crippen molar-refractivity contribution < 1.29 is 9.53 Å². The number of ether oxygens (including phenoxy) is 1. The number of aromatic nitrogens is 2. The van der Waals surface area contributed by atoms with Crippen LogP contribution in [-0.2, 0) is 16.6 Å². The van der Waals surface area contributed by atoms with Crippen LogP contribution in [0.4, 0.5) is 0 Å². The minimum absolute atomic E-state index is 0.00640. The third-order valence-electron chi connectivity index (χ3n) is 4.30. The second-order valence-electron chi connectivity index (χ2n) is 6.75. The third kappa shape index (κ3) is 3.57. The molecular weight excluding hydrogens is 302 g/mol. The number of nitrogens with zero attached hydrogens (tertiary/aromatic N) is 3. The Balaban J connectivity index is 1.75. The van der Waals surface area contributed by atoms with E-state index in [0.29, 0.717) is 13.2 Å². The predicted molar refractivity (Wildman–Crippen MR) is 93.2 cm³/mol. The van der Waals surface area contributed by atoms with Crippen LogP contribution in [0.5, 0.6) is 0 Å². The van der Waals surface area contributed by atoms with E-state index in [1.807, 2.05) is 62.3 Å². The Hall–Kier alpha value is -2.40. The van der Waals surface area contributed by atoms with Gasteiger partial charge in [0.1, 0.15) is 6.10 Å². The maximum absolute atomic E-state index is 12.7. The van der Waals surface area contributed by atoms with E-state index in [0.717, 1.165) is 11.1 Å². The van der Waals surface area contributed by atoms with E-state index >= 15 is 0 Å². The summed E-state index contributed by atoms with van der Waals surface area (Å²) in [5.41, 5.74) is 1.68. The summed E-state index contributed by atoms with van der Waals surface area (Å²) in [5.74, 6) is -0.00640. The quantitative estimate of drug-likeness (QED) is 0.815. The van der Waals surface area contributed by atoms with Gasteiger partial charge in [-0.15, -0.1) is 0 Å². The van der Waals surface area contributed by atoms with Crippen LogP contribution in [0.2, 0.25) is 0 Å². The summed E-state index contributed by atoms with van der Waals surface area (Å²) < 4.78 is 7.71. The van der Waals surface area contributed by atoms with Crippen LogP contribution < -0.4 is 0 Å². The highest BCUT2D eigenvalue weighted by molar-refractivity contribution is 5.92. The Morgan fingerprint density at radius 3 is 2.75 bits per heavy atom. The molecule has 0 aliphatic carbocycles. The lowest BCUT2D eigenvalue weighted by atomic mass is 9.98. The summed E-state index contributed by atoms with van der Waals surface area (Å²) in [6, 6.07) is 10.0. The van der Waals surface area contributed by atoms with Gasteiger partial charge in [0.05, 0.1) is 24.9 Å². The Bertz CT molecular complexity index is 734. The van der Waals surface area contributed by atoms with Crippen LogP contribution in [0.3, 0.4) is 0 Å². The summed E-state index contributed by atoms with van der Waals surface area (Å²) >= 11 is 0. The Morgan fingerprint density at radius 1 is 1.33 bits per heavy atom. The van der Waals surface area contributed by atoms with Crippen molar-refractivity contribution in [2.45, 2.75) is 25.5 Å². The third-order valence-corrected chi connectivity index (χ3v) is 4.30. The summed E-state index contributed by atoms with van der Waals surface area (Å²) in [6.07, 6.45) is 6.95. The van der Waals surface area contributed by atoms with E-state index in [-0.39, 0.29) is 17.6 Å². The number of carbonyl (C=O) groups is 1. The highest BCUT2D eigenvalue weighted by Crippen LogP contribution is 2.30. The fraction of sp³-hybridized carbons (Fsp3) is 0.368. The van der Waals surface area contributed by atoms with Gasteiger partial charge >= 0.3 is 0 Å². The van der Waals surface area contributed by atoms with Gasteiger partial charge in [0.2, 0.25) is 5.91 Å². The monoisotopic (exact) mass is 325 g/mol. The fourth-order valence-corrected chi connectivity index (χ4v) is 2.89. The normalized spacial score (nSPS) is 20.5. The van der Waals surface area contributed by atoms with Crippen LogP contribution >= 0.6 is 0 Å². The lowest BCUT2D eigenvalue weighted by Gasteiger charge is -2.45. The molecule has 1 amide bonds. The highest BCUT2D eigenvalue weighted by atomic mass is 16.5. The SMILES string of the molecule is Cn1cc(/C=C\C(=O)N2C[C@@H](c3ccccc3)OCC2(C)C)cn1. The van der Waals surface area contributed by atoms with Crippen LogP contribution in [0.25, 0.3) is 6.08 Å². The first kappa shape index (κ1) is 16.5. The molecule has 0 radical (unpaired) electrons. The van der Waals surface area contributed by atoms with Gasteiger partial charge in [0.25, 0.3) is 0 Å². The number of hydrogen-bond acceptors (Lipinski definition) is 3. The molecule has 3 rings (SSSR count). The minimum Gasteiger partial charge on any atom is -0.369 e. The molecule has 2 aromatic rings. The molecule has 0 unspecified atom stereocenters. The molecule has 1 aliphatic heterocycles. The lowest BCUT2D eigenvalue weighted by molar-refractivity contribution is -0.149. The maximum Gasteiger partial charge on any atom is 0.247 e. The van der Waals surface area contributed by atoms with Gasteiger partial charge in [-0.1, -0.05) is 30.3 Å². The predicted octanol–water partition coefficient (Wildman–Crippen LogP) is 2.81. The lowest BCUT2D eigenvalue weighted by Crippen LogP contribution is -2.55.